The van der Waals surface area contributed by atoms with Gasteiger partial charge in [-0.25, -0.2) is 0 Å². The van der Waals surface area contributed by atoms with Crippen LogP contribution >= 0.6 is 27.5 Å². The van der Waals surface area contributed by atoms with E-state index in [2.05, 4.69) is 20.9 Å². The van der Waals surface area contributed by atoms with E-state index in [0.717, 1.165) is 5.56 Å². The predicted octanol–water partition coefficient (Wildman–Crippen LogP) is 3.91. The van der Waals surface area contributed by atoms with Gasteiger partial charge in [0.2, 0.25) is 0 Å². The minimum absolute atomic E-state index is 0.387. The number of carboxylic acid groups (broad SMARTS) is 1. The molecule has 98 valence electrons. The van der Waals surface area contributed by atoms with Crippen LogP contribution in [0.25, 0.3) is 0 Å². The van der Waals surface area contributed by atoms with Crippen LogP contribution in [0.3, 0.4) is 0 Å². The maximum absolute atomic E-state index is 11.5. The van der Waals surface area contributed by atoms with Crippen molar-refractivity contribution >= 4 is 33.5 Å². The fourth-order valence-corrected chi connectivity index (χ4v) is 2.64. The number of halogens is 2. The lowest BCUT2D eigenvalue weighted by atomic mass is 9.93. The Bertz CT molecular complexity index is 604. The molecule has 2 aromatic rings. The second-order valence-electron chi connectivity index (χ2n) is 4.12. The Morgan fingerprint density at radius 1 is 1.42 bits per heavy atom. The Kier molecular flexibility index (Phi) is 4.56. The number of pyridine rings is 1. The van der Waals surface area contributed by atoms with Crippen LogP contribution in [0.4, 0.5) is 0 Å². The first-order valence-corrected chi connectivity index (χ1v) is 6.81. The highest BCUT2D eigenvalue weighted by Gasteiger charge is 2.22. The molecule has 2 rings (SSSR count). The molecule has 0 fully saturated rings. The Hall–Kier alpha value is -1.39. The van der Waals surface area contributed by atoms with Crippen LogP contribution in [0.15, 0.2) is 47.2 Å². The Morgan fingerprint density at radius 2 is 2.21 bits per heavy atom. The van der Waals surface area contributed by atoms with E-state index in [1.54, 1.807) is 30.6 Å². The number of carboxylic acids is 1. The van der Waals surface area contributed by atoms with Gasteiger partial charge in [-0.15, -0.1) is 0 Å². The van der Waals surface area contributed by atoms with Crippen molar-refractivity contribution in [1.29, 1.82) is 0 Å². The van der Waals surface area contributed by atoms with E-state index >= 15 is 0 Å². The van der Waals surface area contributed by atoms with Crippen molar-refractivity contribution in [1.82, 2.24) is 4.98 Å². The van der Waals surface area contributed by atoms with Crippen LogP contribution in [0.5, 0.6) is 0 Å². The number of aliphatic carboxylic acids is 1. The van der Waals surface area contributed by atoms with E-state index < -0.39 is 11.9 Å². The highest BCUT2D eigenvalue weighted by Crippen LogP contribution is 2.28. The largest absolute Gasteiger partial charge is 0.481 e. The van der Waals surface area contributed by atoms with E-state index in [4.69, 9.17) is 11.6 Å². The molecule has 0 saturated carbocycles. The quantitative estimate of drug-likeness (QED) is 0.918. The number of rotatable bonds is 4. The highest BCUT2D eigenvalue weighted by atomic mass is 79.9. The molecule has 0 saturated heterocycles. The second kappa shape index (κ2) is 6.17. The smallest absolute Gasteiger partial charge is 0.311 e. The van der Waals surface area contributed by atoms with Crippen LogP contribution in [0.1, 0.15) is 17.0 Å². The zero-order valence-electron chi connectivity index (χ0n) is 9.88. The molecule has 0 aliphatic rings. The molecule has 3 nitrogen and oxygen atoms in total. The van der Waals surface area contributed by atoms with Crippen molar-refractivity contribution in [3.05, 3.63) is 63.3 Å². The molecule has 1 heterocycles. The zero-order chi connectivity index (χ0) is 13.8. The normalized spacial score (nSPS) is 12.1. The van der Waals surface area contributed by atoms with Crippen LogP contribution in [-0.4, -0.2) is 16.1 Å². The fourth-order valence-electron chi connectivity index (χ4n) is 1.90. The molecule has 1 N–H and O–H groups in total. The van der Waals surface area contributed by atoms with Gasteiger partial charge in [0.25, 0.3) is 0 Å². The summed E-state index contributed by atoms with van der Waals surface area (Å²) in [7, 11) is 0. The molecule has 0 amide bonds. The minimum Gasteiger partial charge on any atom is -0.481 e. The Labute approximate surface area is 124 Å². The average molecular weight is 341 g/mol. The van der Waals surface area contributed by atoms with Gasteiger partial charge >= 0.3 is 5.97 Å². The summed E-state index contributed by atoms with van der Waals surface area (Å²) in [6.45, 7) is 0. The van der Waals surface area contributed by atoms with Crippen molar-refractivity contribution in [3.8, 4) is 0 Å². The maximum Gasteiger partial charge on any atom is 0.311 e. The molecule has 1 unspecified atom stereocenters. The van der Waals surface area contributed by atoms with Gasteiger partial charge in [0.15, 0.2) is 0 Å². The van der Waals surface area contributed by atoms with Gasteiger partial charge in [-0.3, -0.25) is 9.78 Å². The number of aromatic nitrogens is 1. The van der Waals surface area contributed by atoms with Crippen molar-refractivity contribution in [2.24, 2.45) is 0 Å². The molecule has 0 bridgehead atoms. The topological polar surface area (TPSA) is 50.2 Å². The minimum atomic E-state index is -0.869. The number of carbonyl (C=O) groups is 1. The molecule has 0 spiro atoms. The van der Waals surface area contributed by atoms with Gasteiger partial charge in [-0.05, 0) is 51.7 Å². The third kappa shape index (κ3) is 3.55. The fraction of sp³-hybridized carbons (Fsp3) is 0.143. The third-order valence-corrected chi connectivity index (χ3v) is 3.70. The van der Waals surface area contributed by atoms with Crippen molar-refractivity contribution < 1.29 is 9.90 Å². The van der Waals surface area contributed by atoms with Gasteiger partial charge in [0.1, 0.15) is 0 Å². The summed E-state index contributed by atoms with van der Waals surface area (Å²) in [6.07, 6.45) is 3.58. The summed E-state index contributed by atoms with van der Waals surface area (Å²) < 4.78 is 0.699. The Morgan fingerprint density at radius 3 is 2.84 bits per heavy atom. The molecule has 1 atom stereocenters. The van der Waals surface area contributed by atoms with Crippen LogP contribution < -0.4 is 0 Å². The summed E-state index contributed by atoms with van der Waals surface area (Å²) in [5.74, 6) is -1.50. The van der Waals surface area contributed by atoms with E-state index in [1.807, 2.05) is 12.1 Å². The number of nitrogens with zero attached hydrogens (tertiary/aromatic N) is 1. The molecule has 19 heavy (non-hydrogen) atoms. The molecule has 0 aliphatic heterocycles. The van der Waals surface area contributed by atoms with Crippen molar-refractivity contribution in [2.45, 2.75) is 12.3 Å². The first-order valence-electron chi connectivity index (χ1n) is 5.64. The summed E-state index contributed by atoms with van der Waals surface area (Å²) in [6, 6.07) is 8.96. The first-order chi connectivity index (χ1) is 9.08. The molecular formula is C14H11BrClNO2. The molecular weight excluding hydrogens is 330 g/mol. The van der Waals surface area contributed by atoms with E-state index in [0.29, 0.717) is 21.5 Å². The lowest BCUT2D eigenvalue weighted by Gasteiger charge is -2.14. The van der Waals surface area contributed by atoms with Crippen LogP contribution in [0, 0.1) is 0 Å². The van der Waals surface area contributed by atoms with Crippen LogP contribution in [-0.2, 0) is 11.2 Å². The molecule has 1 aromatic heterocycles. The van der Waals surface area contributed by atoms with Crippen LogP contribution in [0.2, 0.25) is 5.02 Å². The van der Waals surface area contributed by atoms with Gasteiger partial charge in [0.05, 0.1) is 5.92 Å². The molecule has 0 radical (unpaired) electrons. The first kappa shape index (κ1) is 14.0. The molecule has 1 aromatic carbocycles. The zero-order valence-corrected chi connectivity index (χ0v) is 12.2. The van der Waals surface area contributed by atoms with E-state index in [-0.39, 0.29) is 0 Å². The van der Waals surface area contributed by atoms with Crippen molar-refractivity contribution in [3.63, 3.8) is 0 Å². The summed E-state index contributed by atoms with van der Waals surface area (Å²) in [5, 5.41) is 10.0. The lowest BCUT2D eigenvalue weighted by molar-refractivity contribution is -0.138. The van der Waals surface area contributed by atoms with Gasteiger partial charge < -0.3 is 5.11 Å². The average Bonchev–Trinajstić information content (AvgIpc) is 2.37. The number of hydrogen-bond donors (Lipinski definition) is 1. The molecule has 0 aliphatic carbocycles. The molecule has 5 heteroatoms. The summed E-state index contributed by atoms with van der Waals surface area (Å²) in [4.78, 5) is 15.4. The van der Waals surface area contributed by atoms with Gasteiger partial charge in [-0.2, -0.15) is 0 Å². The van der Waals surface area contributed by atoms with E-state index in [9.17, 15) is 9.90 Å². The standard InChI is InChI=1S/C14H11BrClNO2/c15-13-8-17-5-4-11(13)12(14(18)19)7-9-2-1-3-10(16)6-9/h1-6,8,12H,7H2,(H,18,19). The maximum atomic E-state index is 11.5. The lowest BCUT2D eigenvalue weighted by Crippen LogP contribution is -2.15. The number of benzene rings is 1. The van der Waals surface area contributed by atoms with Crippen molar-refractivity contribution in [2.75, 3.05) is 0 Å². The van der Waals surface area contributed by atoms with E-state index in [1.165, 1.54) is 0 Å². The summed E-state index contributed by atoms with van der Waals surface area (Å²) in [5.41, 5.74) is 1.60. The second-order valence-corrected chi connectivity index (χ2v) is 5.41. The van der Waals surface area contributed by atoms with Gasteiger partial charge in [-0.1, -0.05) is 23.7 Å². The Balaban J connectivity index is 2.32. The summed E-state index contributed by atoms with van der Waals surface area (Å²) >= 11 is 9.26. The number of hydrogen-bond acceptors (Lipinski definition) is 2. The third-order valence-electron chi connectivity index (χ3n) is 2.81. The van der Waals surface area contributed by atoms with Gasteiger partial charge in [0, 0.05) is 21.9 Å². The predicted molar refractivity (Wildman–Crippen MR) is 77.5 cm³/mol. The monoisotopic (exact) mass is 339 g/mol. The highest BCUT2D eigenvalue weighted by molar-refractivity contribution is 9.10. The SMILES string of the molecule is O=C(O)C(Cc1cccc(Cl)c1)c1ccncc1Br.